The molecule has 4 aromatic carbocycles. The summed E-state index contributed by atoms with van der Waals surface area (Å²) in [6, 6.07) is 26.4. The van der Waals surface area contributed by atoms with Crippen LogP contribution in [-0.4, -0.2) is 6.54 Å². The van der Waals surface area contributed by atoms with Crippen molar-refractivity contribution < 1.29 is 0 Å². The molecule has 1 heterocycles. The lowest BCUT2D eigenvalue weighted by Gasteiger charge is -2.27. The van der Waals surface area contributed by atoms with Crippen LogP contribution in [0.5, 0.6) is 0 Å². The molecule has 244 valence electrons. The van der Waals surface area contributed by atoms with Crippen LogP contribution in [0.25, 0.3) is 27.1 Å². The van der Waals surface area contributed by atoms with E-state index in [4.69, 9.17) is 18.0 Å². The first-order valence-corrected chi connectivity index (χ1v) is 18.1. The average molecular weight is 658 g/mol. The predicted octanol–water partition coefficient (Wildman–Crippen LogP) is 12.3. The lowest BCUT2D eigenvalue weighted by atomic mass is 9.78. The van der Waals surface area contributed by atoms with Gasteiger partial charge in [-0.1, -0.05) is 144 Å². The second-order valence-electron chi connectivity index (χ2n) is 14.6. The van der Waals surface area contributed by atoms with Gasteiger partial charge < -0.3 is 4.90 Å². The van der Waals surface area contributed by atoms with E-state index >= 15 is 0 Å². The van der Waals surface area contributed by atoms with E-state index in [-0.39, 0.29) is 10.8 Å². The number of terminal acetylenes is 1. The Labute approximate surface area is 297 Å². The minimum absolute atomic E-state index is 0.135. The summed E-state index contributed by atoms with van der Waals surface area (Å²) in [5, 5.41) is 6.01. The van der Waals surface area contributed by atoms with Gasteiger partial charge in [-0.3, -0.25) is 0 Å². The number of nitrogens with zero attached hydrogens (tertiary/aromatic N) is 1. The summed E-state index contributed by atoms with van der Waals surface area (Å²) in [5.41, 5.74) is 10.8. The molecule has 1 aliphatic heterocycles. The molecule has 0 atom stereocenters. The van der Waals surface area contributed by atoms with Gasteiger partial charge in [-0.15, -0.1) is 6.42 Å². The van der Waals surface area contributed by atoms with Crippen LogP contribution in [0.4, 0.5) is 5.69 Å². The molecular formula is C47H44ClN. The molecule has 0 unspecified atom stereocenters. The third kappa shape index (κ3) is 5.56. The number of hydrogen-bond donors (Lipinski definition) is 0. The Kier molecular flexibility index (Phi) is 8.69. The zero-order chi connectivity index (χ0) is 34.3. The Morgan fingerprint density at radius 1 is 0.816 bits per heavy atom. The van der Waals surface area contributed by atoms with Crippen molar-refractivity contribution in [1.29, 1.82) is 0 Å². The van der Waals surface area contributed by atoms with Gasteiger partial charge in [0.25, 0.3) is 0 Å². The molecule has 0 saturated heterocycles. The van der Waals surface area contributed by atoms with E-state index in [0.29, 0.717) is 0 Å². The number of halogens is 1. The number of allylic oxidation sites excluding steroid dienone is 10. The molecule has 0 amide bonds. The summed E-state index contributed by atoms with van der Waals surface area (Å²) in [4.78, 5) is 2.55. The van der Waals surface area contributed by atoms with Gasteiger partial charge in [-0.2, -0.15) is 0 Å². The van der Waals surface area contributed by atoms with Crippen LogP contribution in [0, 0.1) is 24.2 Å². The first-order chi connectivity index (χ1) is 23.7. The number of unbranched alkanes of at least 4 members (excludes halogenated alkanes) is 1. The molecule has 1 nitrogen and oxygen atoms in total. The number of hydrogen-bond acceptors (Lipinski definition) is 1. The third-order valence-electron chi connectivity index (χ3n) is 10.9. The fraction of sp³-hybridized carbons (Fsp3) is 0.277. The molecule has 0 saturated carbocycles. The predicted molar refractivity (Wildman–Crippen MR) is 212 cm³/mol. The van der Waals surface area contributed by atoms with Crippen molar-refractivity contribution in [1.82, 2.24) is 0 Å². The summed E-state index contributed by atoms with van der Waals surface area (Å²) in [7, 11) is 0. The van der Waals surface area contributed by atoms with Crippen LogP contribution in [0.1, 0.15) is 83.4 Å². The van der Waals surface area contributed by atoms with Gasteiger partial charge in [0, 0.05) is 39.4 Å². The van der Waals surface area contributed by atoms with Crippen LogP contribution < -0.4 is 4.90 Å². The van der Waals surface area contributed by atoms with Gasteiger partial charge in [-0.05, 0) is 105 Å². The molecule has 0 spiro atoms. The van der Waals surface area contributed by atoms with Crippen LogP contribution in [0.15, 0.2) is 125 Å². The van der Waals surface area contributed by atoms with Gasteiger partial charge in [0.15, 0.2) is 0 Å². The third-order valence-corrected chi connectivity index (χ3v) is 11.4. The Morgan fingerprint density at radius 2 is 1.51 bits per heavy atom. The van der Waals surface area contributed by atoms with Crippen molar-refractivity contribution in [3.05, 3.63) is 141 Å². The van der Waals surface area contributed by atoms with Crippen molar-refractivity contribution in [3.63, 3.8) is 0 Å². The molecule has 4 aromatic rings. The first-order valence-electron chi connectivity index (χ1n) is 17.7. The monoisotopic (exact) mass is 657 g/mol. The van der Waals surface area contributed by atoms with Crippen molar-refractivity contribution >= 4 is 44.4 Å². The second kappa shape index (κ2) is 13.0. The second-order valence-corrected chi connectivity index (χ2v) is 15.0. The fourth-order valence-corrected chi connectivity index (χ4v) is 8.75. The SMILES string of the molecule is C#CC#CC1=C(/C=C/C2=C(Cl)C(=C/C=C3/N(CCCC)c4ccc5ccccc5c4C3(C)C)/CCC2)C(C)(C)c2c1ccc1ccccc21. The quantitative estimate of drug-likeness (QED) is 0.186. The molecule has 0 bridgehead atoms. The highest BCUT2D eigenvalue weighted by Gasteiger charge is 2.41. The minimum Gasteiger partial charge on any atom is -0.344 e. The molecule has 2 aliphatic carbocycles. The maximum atomic E-state index is 7.28. The Morgan fingerprint density at radius 3 is 2.22 bits per heavy atom. The molecule has 49 heavy (non-hydrogen) atoms. The summed E-state index contributed by atoms with van der Waals surface area (Å²) in [5.74, 6) is 8.78. The van der Waals surface area contributed by atoms with Crippen molar-refractivity contribution in [2.75, 3.05) is 11.4 Å². The normalized spacial score (nSPS) is 19.6. The van der Waals surface area contributed by atoms with Gasteiger partial charge in [0.05, 0.1) is 0 Å². The molecule has 7 rings (SSSR count). The summed E-state index contributed by atoms with van der Waals surface area (Å²) in [6.07, 6.45) is 20.0. The molecule has 0 radical (unpaired) electrons. The van der Waals surface area contributed by atoms with E-state index in [1.807, 2.05) is 0 Å². The van der Waals surface area contributed by atoms with Crippen LogP contribution >= 0.6 is 11.6 Å². The van der Waals surface area contributed by atoms with E-state index in [2.05, 4.69) is 154 Å². The summed E-state index contributed by atoms with van der Waals surface area (Å²) in [6.45, 7) is 12.6. The highest BCUT2D eigenvalue weighted by molar-refractivity contribution is 6.32. The lowest BCUT2D eigenvalue weighted by Crippen LogP contribution is -2.27. The zero-order valence-electron chi connectivity index (χ0n) is 29.4. The zero-order valence-corrected chi connectivity index (χ0v) is 30.1. The van der Waals surface area contributed by atoms with Gasteiger partial charge >= 0.3 is 0 Å². The average Bonchev–Trinajstić information content (AvgIpc) is 3.46. The number of rotatable bonds is 6. The number of anilines is 1. The topological polar surface area (TPSA) is 3.24 Å². The van der Waals surface area contributed by atoms with E-state index < -0.39 is 0 Å². The Hall–Kier alpha value is -4.69. The maximum absolute atomic E-state index is 7.28. The molecule has 0 aromatic heterocycles. The number of benzene rings is 4. The van der Waals surface area contributed by atoms with Gasteiger partial charge in [0.2, 0.25) is 0 Å². The number of fused-ring (bicyclic) bond motifs is 6. The Bertz CT molecular complexity index is 2260. The molecule has 0 fully saturated rings. The van der Waals surface area contributed by atoms with E-state index in [1.165, 1.54) is 66.3 Å². The lowest BCUT2D eigenvalue weighted by molar-refractivity contribution is 0.628. The van der Waals surface area contributed by atoms with E-state index in [0.717, 1.165) is 49.3 Å². The highest BCUT2D eigenvalue weighted by atomic mass is 35.5. The van der Waals surface area contributed by atoms with Gasteiger partial charge in [0.1, 0.15) is 0 Å². The van der Waals surface area contributed by atoms with Crippen molar-refractivity contribution in [2.45, 2.75) is 77.6 Å². The molecular weight excluding hydrogens is 614 g/mol. The van der Waals surface area contributed by atoms with Crippen LogP contribution in [-0.2, 0) is 10.8 Å². The smallest absolute Gasteiger partial charge is 0.0469 e. The summed E-state index contributed by atoms with van der Waals surface area (Å²) < 4.78 is 0. The Balaban J connectivity index is 1.27. The van der Waals surface area contributed by atoms with Crippen LogP contribution in [0.2, 0.25) is 0 Å². The fourth-order valence-electron chi connectivity index (χ4n) is 8.43. The molecule has 0 N–H and O–H groups in total. The largest absolute Gasteiger partial charge is 0.344 e. The molecule has 2 heteroatoms. The standard InChI is InChI=1S/C47H44ClN/c1-7-9-20-38-39-27-23-32-16-11-13-21-36(32)43(39)46(3,4)40(38)28-24-34-18-15-19-35(45(34)48)26-30-42-47(5,6)44-37-22-14-12-17-33(37)25-29-41(44)49(42)31-10-8-2/h1,11-14,16-17,21-30H,8,10,15,18-19,31H2,2-6H3/b28-24+,35-26+,42-30+. The molecule has 3 aliphatic rings. The van der Waals surface area contributed by atoms with E-state index in [1.54, 1.807) is 0 Å². The van der Waals surface area contributed by atoms with Crippen molar-refractivity contribution in [3.8, 4) is 24.2 Å². The van der Waals surface area contributed by atoms with E-state index in [9.17, 15) is 0 Å². The highest BCUT2D eigenvalue weighted by Crippen LogP contribution is 2.52. The van der Waals surface area contributed by atoms with Crippen molar-refractivity contribution in [2.24, 2.45) is 0 Å². The maximum Gasteiger partial charge on any atom is 0.0469 e. The minimum atomic E-state index is -0.245. The van der Waals surface area contributed by atoms with Crippen LogP contribution in [0.3, 0.4) is 0 Å². The first kappa shape index (κ1) is 32.8. The summed E-state index contributed by atoms with van der Waals surface area (Å²) >= 11 is 7.28. The van der Waals surface area contributed by atoms with Gasteiger partial charge in [-0.25, -0.2) is 0 Å².